The van der Waals surface area contributed by atoms with Gasteiger partial charge in [0.2, 0.25) is 0 Å². The van der Waals surface area contributed by atoms with Gasteiger partial charge in [0.1, 0.15) is 30.5 Å². The van der Waals surface area contributed by atoms with E-state index < -0.39 is 61.3 Å². The third kappa shape index (κ3) is 5.41. The molecule has 0 aromatic heterocycles. The van der Waals surface area contributed by atoms with Gasteiger partial charge in [0.15, 0.2) is 6.23 Å². The summed E-state index contributed by atoms with van der Waals surface area (Å²) in [6, 6.07) is 0. The minimum Gasteiger partial charge on any atom is -0.396 e. The molecule has 6 atom stereocenters. The van der Waals surface area contributed by atoms with Crippen molar-refractivity contribution in [2.75, 3.05) is 13.2 Å². The lowest BCUT2D eigenvalue weighted by molar-refractivity contribution is -0.158. The molecule has 0 saturated carbocycles. The minimum atomic E-state index is -2.09. The summed E-state index contributed by atoms with van der Waals surface area (Å²) in [7, 11) is 0. The molecule has 0 aliphatic rings. The lowest BCUT2D eigenvalue weighted by Gasteiger charge is -2.31. The highest BCUT2D eigenvalue weighted by Crippen LogP contribution is 2.19. The van der Waals surface area contributed by atoms with Crippen LogP contribution in [0.25, 0.3) is 0 Å². The van der Waals surface area contributed by atoms with E-state index >= 15 is 0 Å². The predicted molar refractivity (Wildman–Crippen MR) is 72.1 cm³/mol. The van der Waals surface area contributed by atoms with E-state index in [0.717, 1.165) is 0 Å². The highest BCUT2D eigenvalue weighted by Gasteiger charge is 2.38. The highest BCUT2D eigenvalue weighted by molar-refractivity contribution is 5.81. The molecule has 10 heteroatoms. The first-order valence-electron chi connectivity index (χ1n) is 6.60. The number of hydrogen-bond acceptors (Lipinski definition) is 9. The molecule has 0 aliphatic carbocycles. The van der Waals surface area contributed by atoms with Crippen LogP contribution in [-0.2, 0) is 4.79 Å². The van der Waals surface area contributed by atoms with Crippen molar-refractivity contribution in [3.05, 3.63) is 0 Å². The largest absolute Gasteiger partial charge is 0.396 e. The normalized spacial score (nSPS) is 20.6. The van der Waals surface area contributed by atoms with E-state index in [2.05, 4.69) is 0 Å². The molecule has 0 saturated heterocycles. The second-order valence-corrected chi connectivity index (χ2v) is 5.72. The van der Waals surface area contributed by atoms with Gasteiger partial charge in [-0.25, -0.2) is 0 Å². The fraction of sp³-hybridized carbons (Fsp3) is 0.917. The molecule has 2 unspecified atom stereocenters. The molecule has 1 amide bonds. The van der Waals surface area contributed by atoms with Crippen LogP contribution in [0.2, 0.25) is 0 Å². The van der Waals surface area contributed by atoms with Crippen molar-refractivity contribution >= 4 is 5.91 Å². The first kappa shape index (κ1) is 21.1. The molecular weight excluding hydrogens is 302 g/mol. The van der Waals surface area contributed by atoms with Crippen LogP contribution < -0.4 is 5.32 Å². The van der Waals surface area contributed by atoms with Gasteiger partial charge in [-0.1, -0.05) is 13.8 Å². The van der Waals surface area contributed by atoms with E-state index in [9.17, 15) is 30.3 Å². The summed E-state index contributed by atoms with van der Waals surface area (Å²) >= 11 is 0. The number of carbonyl (C=O) groups is 1. The highest BCUT2D eigenvalue weighted by atomic mass is 16.4. The number of nitrogens with one attached hydrogen (secondary N) is 1. The molecule has 0 rings (SSSR count). The Balaban J connectivity index is 4.71. The zero-order valence-electron chi connectivity index (χ0n) is 12.4. The Morgan fingerprint density at radius 2 is 1.45 bits per heavy atom. The molecule has 0 aromatic rings. The van der Waals surface area contributed by atoms with E-state index in [-0.39, 0.29) is 0 Å². The Morgan fingerprint density at radius 1 is 0.955 bits per heavy atom. The number of carbonyl (C=O) groups excluding carboxylic acids is 1. The molecule has 0 fully saturated rings. The summed E-state index contributed by atoms with van der Waals surface area (Å²) < 4.78 is 0. The van der Waals surface area contributed by atoms with Gasteiger partial charge in [0.05, 0.1) is 13.2 Å². The summed E-state index contributed by atoms with van der Waals surface area (Å²) in [5, 5.41) is 76.4. The van der Waals surface area contributed by atoms with Crippen LogP contribution in [0, 0.1) is 5.41 Å². The Bertz CT molecular complexity index is 351. The van der Waals surface area contributed by atoms with Crippen molar-refractivity contribution in [2.45, 2.75) is 50.6 Å². The van der Waals surface area contributed by atoms with Crippen molar-refractivity contribution in [1.82, 2.24) is 5.32 Å². The van der Waals surface area contributed by atoms with Crippen molar-refractivity contribution in [2.24, 2.45) is 5.41 Å². The third-order valence-corrected chi connectivity index (χ3v) is 3.29. The molecule has 0 spiro atoms. The number of amides is 1. The van der Waals surface area contributed by atoms with Gasteiger partial charge in [-0.05, 0) is 0 Å². The van der Waals surface area contributed by atoms with E-state index in [1.54, 1.807) is 5.32 Å². The van der Waals surface area contributed by atoms with Crippen LogP contribution in [0.15, 0.2) is 0 Å². The number of hydrogen-bond donors (Lipinski definition) is 9. The lowest BCUT2D eigenvalue weighted by Crippen LogP contribution is -2.57. The van der Waals surface area contributed by atoms with Gasteiger partial charge in [-0.3, -0.25) is 4.79 Å². The van der Waals surface area contributed by atoms with Crippen LogP contribution in [-0.4, -0.2) is 96.7 Å². The van der Waals surface area contributed by atoms with Crippen molar-refractivity contribution < 1.29 is 45.6 Å². The summed E-state index contributed by atoms with van der Waals surface area (Å²) in [6.07, 6.45) is -11.7. The molecule has 0 aliphatic heterocycles. The maximum atomic E-state index is 11.7. The van der Waals surface area contributed by atoms with Gasteiger partial charge in [0.25, 0.3) is 5.91 Å². The third-order valence-electron chi connectivity index (χ3n) is 3.29. The number of aliphatic hydroxyl groups excluding tert-OH is 8. The van der Waals surface area contributed by atoms with E-state index in [1.807, 2.05) is 0 Å². The fourth-order valence-corrected chi connectivity index (χ4v) is 1.48. The molecule has 9 N–H and O–H groups in total. The average Bonchev–Trinajstić information content (AvgIpc) is 2.50. The maximum Gasteiger partial charge on any atom is 0.251 e. The molecule has 0 aromatic carbocycles. The van der Waals surface area contributed by atoms with Crippen LogP contribution in [0.5, 0.6) is 0 Å². The Morgan fingerprint density at radius 3 is 1.86 bits per heavy atom. The minimum absolute atomic E-state index is 0.524. The second-order valence-electron chi connectivity index (χ2n) is 5.72. The zero-order valence-corrected chi connectivity index (χ0v) is 12.4. The lowest BCUT2D eigenvalue weighted by atomic mass is 9.87. The van der Waals surface area contributed by atoms with E-state index in [1.165, 1.54) is 13.8 Å². The average molecular weight is 327 g/mol. The standard InChI is InChI=1S/C12H25NO9/c1-12(2,4-15)9(20)11(22)13-10(21)8(19)7(18)6(17)5(16)3-14/h5-10,14-21H,3-4H2,1-2H3,(H,13,22)/t5-,6+,7+,8-,9?,10?/m1/s1. The monoisotopic (exact) mass is 327 g/mol. The quantitative estimate of drug-likeness (QED) is 0.187. The Hall–Kier alpha value is -0.850. The van der Waals surface area contributed by atoms with Gasteiger partial charge in [-0.2, -0.15) is 0 Å². The van der Waals surface area contributed by atoms with Crippen LogP contribution in [0.3, 0.4) is 0 Å². The first-order chi connectivity index (χ1) is 9.99. The SMILES string of the molecule is CC(C)(CO)C(O)C(=O)NC(O)[C@H](O)[C@@H](O)[C@@H](O)[C@H](O)CO. The van der Waals surface area contributed by atoms with Gasteiger partial charge in [0, 0.05) is 5.41 Å². The van der Waals surface area contributed by atoms with E-state index in [4.69, 9.17) is 15.3 Å². The van der Waals surface area contributed by atoms with Gasteiger partial charge >= 0.3 is 0 Å². The fourth-order valence-electron chi connectivity index (χ4n) is 1.48. The van der Waals surface area contributed by atoms with Crippen LogP contribution in [0.1, 0.15) is 13.8 Å². The first-order valence-corrected chi connectivity index (χ1v) is 6.60. The van der Waals surface area contributed by atoms with Gasteiger partial charge in [-0.15, -0.1) is 0 Å². The number of rotatable bonds is 9. The summed E-state index contributed by atoms with van der Waals surface area (Å²) in [6.45, 7) is 1.35. The summed E-state index contributed by atoms with van der Waals surface area (Å²) in [4.78, 5) is 11.7. The van der Waals surface area contributed by atoms with Crippen LogP contribution >= 0.6 is 0 Å². The zero-order chi connectivity index (χ0) is 17.7. The Kier molecular flexibility index (Phi) is 8.36. The second kappa shape index (κ2) is 8.70. The van der Waals surface area contributed by atoms with Gasteiger partial charge < -0.3 is 46.2 Å². The summed E-state index contributed by atoms with van der Waals surface area (Å²) in [5.41, 5.74) is -1.21. The molecular formula is C12H25NO9. The molecule has 0 heterocycles. The van der Waals surface area contributed by atoms with Crippen LogP contribution in [0.4, 0.5) is 0 Å². The Labute approximate surface area is 127 Å². The molecule has 0 bridgehead atoms. The molecule has 132 valence electrons. The predicted octanol–water partition coefficient (Wildman–Crippen LogP) is -4.76. The topological polar surface area (TPSA) is 191 Å². The smallest absolute Gasteiger partial charge is 0.251 e. The van der Waals surface area contributed by atoms with E-state index in [0.29, 0.717) is 0 Å². The van der Waals surface area contributed by atoms with Crippen molar-refractivity contribution in [3.63, 3.8) is 0 Å². The van der Waals surface area contributed by atoms with Crippen molar-refractivity contribution in [3.8, 4) is 0 Å². The maximum absolute atomic E-state index is 11.7. The molecule has 22 heavy (non-hydrogen) atoms. The number of aliphatic hydroxyl groups is 8. The molecule has 10 nitrogen and oxygen atoms in total. The molecule has 0 radical (unpaired) electrons. The van der Waals surface area contributed by atoms with Crippen molar-refractivity contribution in [1.29, 1.82) is 0 Å². The summed E-state index contributed by atoms with van der Waals surface area (Å²) in [5.74, 6) is -1.12.